The molecule has 1 heterocycles. The molecule has 0 N–H and O–H groups in total. The van der Waals surface area contributed by atoms with E-state index in [2.05, 4.69) is 4.74 Å². The highest BCUT2D eigenvalue weighted by molar-refractivity contribution is 5.73. The average molecular weight is 266 g/mol. The molecule has 0 bridgehead atoms. The molecule has 1 saturated carbocycles. The van der Waals surface area contributed by atoms with Crippen molar-refractivity contribution in [1.29, 1.82) is 0 Å². The van der Waals surface area contributed by atoms with Crippen molar-refractivity contribution in [3.8, 4) is 0 Å². The Labute approximate surface area is 104 Å². The van der Waals surface area contributed by atoms with Crippen molar-refractivity contribution in [1.82, 2.24) is 0 Å². The van der Waals surface area contributed by atoms with Gasteiger partial charge in [-0.2, -0.15) is 13.2 Å². The second-order valence-corrected chi connectivity index (χ2v) is 5.27. The van der Waals surface area contributed by atoms with Crippen molar-refractivity contribution < 1.29 is 27.4 Å². The van der Waals surface area contributed by atoms with Gasteiger partial charge in [0.1, 0.15) is 0 Å². The van der Waals surface area contributed by atoms with E-state index in [0.717, 1.165) is 0 Å². The number of halogens is 3. The number of carbonyl (C=O) groups excluding carboxylic acids is 1. The van der Waals surface area contributed by atoms with Crippen LogP contribution in [0.3, 0.4) is 0 Å². The molecule has 6 heteroatoms. The van der Waals surface area contributed by atoms with E-state index in [1.807, 2.05) is 6.92 Å². The summed E-state index contributed by atoms with van der Waals surface area (Å²) in [5, 5.41) is 0. The van der Waals surface area contributed by atoms with E-state index in [4.69, 9.17) is 4.74 Å². The van der Waals surface area contributed by atoms with Crippen molar-refractivity contribution in [3.05, 3.63) is 0 Å². The number of fused-ring (bicyclic) bond motifs is 1. The van der Waals surface area contributed by atoms with Gasteiger partial charge in [0.05, 0.1) is 25.0 Å². The Morgan fingerprint density at radius 3 is 2.56 bits per heavy atom. The van der Waals surface area contributed by atoms with E-state index in [1.165, 1.54) is 7.11 Å². The molecule has 1 aliphatic carbocycles. The molecule has 0 aromatic heterocycles. The van der Waals surface area contributed by atoms with Gasteiger partial charge < -0.3 is 9.47 Å². The van der Waals surface area contributed by atoms with Gasteiger partial charge >= 0.3 is 12.1 Å². The Morgan fingerprint density at radius 1 is 1.33 bits per heavy atom. The Bertz CT molecular complexity index is 329. The zero-order chi connectivity index (χ0) is 13.5. The molecule has 0 radical (unpaired) electrons. The first-order valence-electron chi connectivity index (χ1n) is 6.10. The Hall–Kier alpha value is -0.780. The molecule has 1 saturated heterocycles. The van der Waals surface area contributed by atoms with Crippen molar-refractivity contribution in [2.45, 2.75) is 32.0 Å². The molecule has 0 aromatic carbocycles. The number of hydrogen-bond acceptors (Lipinski definition) is 3. The fourth-order valence-electron chi connectivity index (χ4n) is 3.26. The molecular formula is C12H17F3O3. The van der Waals surface area contributed by atoms with Crippen LogP contribution in [0.5, 0.6) is 0 Å². The molecule has 2 aliphatic rings. The van der Waals surface area contributed by atoms with Gasteiger partial charge in [-0.25, -0.2) is 0 Å². The average Bonchev–Trinajstić information content (AvgIpc) is 2.68. The van der Waals surface area contributed by atoms with Crippen LogP contribution < -0.4 is 0 Å². The number of esters is 1. The van der Waals surface area contributed by atoms with Crippen LogP contribution in [0.15, 0.2) is 0 Å². The maximum absolute atomic E-state index is 12.8. The normalized spacial score (nSPS) is 40.4. The Balaban J connectivity index is 2.21. The van der Waals surface area contributed by atoms with Gasteiger partial charge in [0, 0.05) is 12.5 Å². The predicted molar refractivity (Wildman–Crippen MR) is 56.7 cm³/mol. The quantitative estimate of drug-likeness (QED) is 0.684. The Morgan fingerprint density at radius 2 is 2.00 bits per heavy atom. The molecule has 0 aromatic rings. The highest BCUT2D eigenvalue weighted by atomic mass is 19.4. The monoisotopic (exact) mass is 266 g/mol. The lowest BCUT2D eigenvalue weighted by Gasteiger charge is -2.38. The highest BCUT2D eigenvalue weighted by Gasteiger charge is 2.54. The van der Waals surface area contributed by atoms with Crippen molar-refractivity contribution in [3.63, 3.8) is 0 Å². The fraction of sp³-hybridized carbons (Fsp3) is 0.917. The van der Waals surface area contributed by atoms with Crippen LogP contribution in [0.4, 0.5) is 13.2 Å². The van der Waals surface area contributed by atoms with E-state index in [1.54, 1.807) is 0 Å². The summed E-state index contributed by atoms with van der Waals surface area (Å²) in [5.41, 5.74) is 0. The molecule has 1 aliphatic heterocycles. The summed E-state index contributed by atoms with van der Waals surface area (Å²) in [4.78, 5) is 11.7. The summed E-state index contributed by atoms with van der Waals surface area (Å²) < 4.78 is 48.5. The van der Waals surface area contributed by atoms with Crippen LogP contribution >= 0.6 is 0 Å². The van der Waals surface area contributed by atoms with Crippen LogP contribution in [-0.4, -0.2) is 32.0 Å². The van der Waals surface area contributed by atoms with Crippen molar-refractivity contribution in [2.75, 3.05) is 13.7 Å². The molecule has 5 atom stereocenters. The minimum absolute atomic E-state index is 0.0357. The van der Waals surface area contributed by atoms with Crippen LogP contribution in [0.2, 0.25) is 0 Å². The standard InChI is InChI=1S/C12H17F3O3/c1-6-5-18-9-4-7(12(13,14)15)3-8(10(6)9)11(16)17-2/h6-10H,3-5H2,1-2H3/t6-,7+,8+,9+,10-/m1/s1. The van der Waals surface area contributed by atoms with Crippen LogP contribution in [-0.2, 0) is 14.3 Å². The number of rotatable bonds is 1. The van der Waals surface area contributed by atoms with Crippen LogP contribution in [0, 0.1) is 23.7 Å². The van der Waals surface area contributed by atoms with Gasteiger partial charge in [0.2, 0.25) is 0 Å². The first kappa shape index (κ1) is 13.6. The first-order chi connectivity index (χ1) is 8.34. The summed E-state index contributed by atoms with van der Waals surface area (Å²) in [6.45, 7) is 2.34. The molecule has 104 valence electrons. The molecule has 2 fully saturated rings. The summed E-state index contributed by atoms with van der Waals surface area (Å²) in [7, 11) is 1.22. The Kier molecular flexibility index (Phi) is 3.58. The summed E-state index contributed by atoms with van der Waals surface area (Å²) in [6.07, 6.45) is -4.95. The molecule has 2 rings (SSSR count). The highest BCUT2D eigenvalue weighted by Crippen LogP contribution is 2.48. The lowest BCUT2D eigenvalue weighted by atomic mass is 9.69. The lowest BCUT2D eigenvalue weighted by Crippen LogP contribution is -2.44. The predicted octanol–water partition coefficient (Wildman–Crippen LogP) is 2.40. The second kappa shape index (κ2) is 4.72. The van der Waals surface area contributed by atoms with Gasteiger partial charge in [-0.05, 0) is 18.8 Å². The SMILES string of the molecule is COC(=O)[C@H]1C[C@H](C(F)(F)F)C[C@@H]2OC[C@@H](C)[C@@H]21. The minimum atomic E-state index is -4.27. The molecule has 0 amide bonds. The minimum Gasteiger partial charge on any atom is -0.469 e. The van der Waals surface area contributed by atoms with Gasteiger partial charge in [-0.1, -0.05) is 6.92 Å². The number of alkyl halides is 3. The maximum Gasteiger partial charge on any atom is 0.391 e. The number of carbonyl (C=O) groups is 1. The van der Waals surface area contributed by atoms with Crippen molar-refractivity contribution >= 4 is 5.97 Å². The molecule has 3 nitrogen and oxygen atoms in total. The van der Waals surface area contributed by atoms with Crippen LogP contribution in [0.25, 0.3) is 0 Å². The van der Waals surface area contributed by atoms with E-state index in [9.17, 15) is 18.0 Å². The van der Waals surface area contributed by atoms with E-state index in [0.29, 0.717) is 6.61 Å². The molecular weight excluding hydrogens is 249 g/mol. The smallest absolute Gasteiger partial charge is 0.391 e. The largest absolute Gasteiger partial charge is 0.469 e. The van der Waals surface area contributed by atoms with Gasteiger partial charge in [0.15, 0.2) is 0 Å². The van der Waals surface area contributed by atoms with E-state index < -0.39 is 30.1 Å². The van der Waals surface area contributed by atoms with Gasteiger partial charge in [-0.3, -0.25) is 4.79 Å². The molecule has 0 spiro atoms. The second-order valence-electron chi connectivity index (χ2n) is 5.27. The number of hydrogen-bond donors (Lipinski definition) is 0. The summed E-state index contributed by atoms with van der Waals surface area (Å²) in [5.74, 6) is -2.74. The van der Waals surface area contributed by atoms with Crippen LogP contribution in [0.1, 0.15) is 19.8 Å². The van der Waals surface area contributed by atoms with Gasteiger partial charge in [-0.15, -0.1) is 0 Å². The zero-order valence-electron chi connectivity index (χ0n) is 10.4. The third-order valence-electron chi connectivity index (χ3n) is 4.15. The first-order valence-corrected chi connectivity index (χ1v) is 6.10. The topological polar surface area (TPSA) is 35.5 Å². The van der Waals surface area contributed by atoms with Crippen molar-refractivity contribution in [2.24, 2.45) is 23.7 Å². The number of ether oxygens (including phenoxy) is 2. The third kappa shape index (κ3) is 2.35. The molecule has 0 unspecified atom stereocenters. The zero-order valence-corrected chi connectivity index (χ0v) is 10.4. The van der Waals surface area contributed by atoms with Gasteiger partial charge in [0.25, 0.3) is 0 Å². The number of methoxy groups -OCH3 is 1. The fourth-order valence-corrected chi connectivity index (χ4v) is 3.26. The summed E-state index contributed by atoms with van der Waals surface area (Å²) >= 11 is 0. The molecule has 18 heavy (non-hydrogen) atoms. The summed E-state index contributed by atoms with van der Waals surface area (Å²) in [6, 6.07) is 0. The third-order valence-corrected chi connectivity index (χ3v) is 4.15. The van der Waals surface area contributed by atoms with E-state index >= 15 is 0 Å². The maximum atomic E-state index is 12.8. The van der Waals surface area contributed by atoms with E-state index in [-0.39, 0.29) is 24.7 Å². The lowest BCUT2D eigenvalue weighted by molar-refractivity contribution is -0.201.